The molecule has 1 saturated carbocycles. The molecule has 2 unspecified atom stereocenters. The molecule has 1 fully saturated rings. The maximum atomic E-state index is 10.8. The second-order valence-electron chi connectivity index (χ2n) is 5.01. The van der Waals surface area contributed by atoms with Crippen LogP contribution in [0.25, 0.3) is 0 Å². The fraction of sp³-hybridized carbons (Fsp3) is 0.500. The van der Waals surface area contributed by atoms with E-state index in [0.29, 0.717) is 11.8 Å². The normalized spacial score (nSPS) is 22.4. The van der Waals surface area contributed by atoms with Gasteiger partial charge in [0.2, 0.25) is 0 Å². The first-order chi connectivity index (χ1) is 9.11. The highest BCUT2D eigenvalue weighted by Crippen LogP contribution is 2.32. The van der Waals surface area contributed by atoms with Crippen molar-refractivity contribution in [3.05, 3.63) is 28.2 Å². The van der Waals surface area contributed by atoms with Crippen molar-refractivity contribution in [1.29, 1.82) is 0 Å². The summed E-state index contributed by atoms with van der Waals surface area (Å²) in [6, 6.07) is 4.97. The van der Waals surface area contributed by atoms with Crippen LogP contribution < -0.4 is 5.32 Å². The summed E-state index contributed by atoms with van der Waals surface area (Å²) in [7, 11) is 0. The van der Waals surface area contributed by atoms with E-state index < -0.39 is 5.97 Å². The van der Waals surface area contributed by atoms with Crippen molar-refractivity contribution >= 4 is 27.6 Å². The van der Waals surface area contributed by atoms with Crippen LogP contribution in [-0.2, 0) is 0 Å². The van der Waals surface area contributed by atoms with Gasteiger partial charge in [0.25, 0.3) is 0 Å². The van der Waals surface area contributed by atoms with Crippen molar-refractivity contribution in [1.82, 2.24) is 0 Å². The number of nitrogens with one attached hydrogen (secondary N) is 1. The topological polar surface area (TPSA) is 69.6 Å². The zero-order valence-corrected chi connectivity index (χ0v) is 12.2. The SMILES string of the molecule is O=C(O)c1ccc(NCC2CCCC2CO)c(Br)c1. The Morgan fingerprint density at radius 2 is 2.11 bits per heavy atom. The number of halogens is 1. The van der Waals surface area contributed by atoms with Crippen LogP contribution in [-0.4, -0.2) is 29.3 Å². The number of aliphatic hydroxyl groups is 1. The zero-order chi connectivity index (χ0) is 13.8. The number of carboxylic acid groups (broad SMARTS) is 1. The predicted octanol–water partition coefficient (Wildman–Crippen LogP) is 2.97. The lowest BCUT2D eigenvalue weighted by Crippen LogP contribution is -2.20. The highest BCUT2D eigenvalue weighted by atomic mass is 79.9. The summed E-state index contributed by atoms with van der Waals surface area (Å²) in [6.45, 7) is 1.07. The van der Waals surface area contributed by atoms with Gasteiger partial charge in [-0.2, -0.15) is 0 Å². The first-order valence-corrected chi connectivity index (χ1v) is 7.28. The maximum Gasteiger partial charge on any atom is 0.335 e. The van der Waals surface area contributed by atoms with E-state index >= 15 is 0 Å². The number of hydrogen-bond donors (Lipinski definition) is 3. The molecule has 1 aliphatic rings. The van der Waals surface area contributed by atoms with E-state index in [1.165, 1.54) is 6.42 Å². The van der Waals surface area contributed by atoms with Gasteiger partial charge in [-0.25, -0.2) is 4.79 Å². The summed E-state index contributed by atoms with van der Waals surface area (Å²) < 4.78 is 0.756. The summed E-state index contributed by atoms with van der Waals surface area (Å²) in [5.41, 5.74) is 1.17. The molecule has 0 aromatic heterocycles. The summed E-state index contributed by atoms with van der Waals surface area (Å²) in [6.07, 6.45) is 3.42. The number of benzene rings is 1. The van der Waals surface area contributed by atoms with Crippen LogP contribution in [0.2, 0.25) is 0 Å². The van der Waals surface area contributed by atoms with Crippen molar-refractivity contribution in [3.63, 3.8) is 0 Å². The van der Waals surface area contributed by atoms with E-state index in [9.17, 15) is 9.90 Å². The Labute approximate surface area is 121 Å². The van der Waals surface area contributed by atoms with E-state index in [1.54, 1.807) is 18.2 Å². The predicted molar refractivity (Wildman–Crippen MR) is 77.5 cm³/mol. The number of aromatic carboxylic acids is 1. The molecule has 0 aliphatic heterocycles. The lowest BCUT2D eigenvalue weighted by atomic mass is 9.97. The number of hydrogen-bond acceptors (Lipinski definition) is 3. The average Bonchev–Trinajstić information content (AvgIpc) is 2.84. The third-order valence-corrected chi connectivity index (χ3v) is 4.48. The van der Waals surface area contributed by atoms with Gasteiger partial charge in [0, 0.05) is 23.3 Å². The summed E-state index contributed by atoms with van der Waals surface area (Å²) >= 11 is 3.38. The zero-order valence-electron chi connectivity index (χ0n) is 10.6. The minimum Gasteiger partial charge on any atom is -0.478 e. The van der Waals surface area contributed by atoms with Gasteiger partial charge in [0.05, 0.1) is 5.56 Å². The fourth-order valence-corrected chi connectivity index (χ4v) is 3.17. The molecule has 2 atom stereocenters. The van der Waals surface area contributed by atoms with E-state index in [2.05, 4.69) is 21.2 Å². The first kappa shape index (κ1) is 14.3. The molecule has 3 N–H and O–H groups in total. The monoisotopic (exact) mass is 327 g/mol. The van der Waals surface area contributed by atoms with Crippen LogP contribution in [0.5, 0.6) is 0 Å². The number of carboxylic acids is 1. The van der Waals surface area contributed by atoms with Crippen molar-refractivity contribution in [2.45, 2.75) is 19.3 Å². The van der Waals surface area contributed by atoms with Gasteiger partial charge in [-0.15, -0.1) is 0 Å². The Bertz CT molecular complexity index is 464. The minimum absolute atomic E-state index is 0.255. The Kier molecular flexibility index (Phi) is 4.82. The lowest BCUT2D eigenvalue weighted by molar-refractivity contribution is 0.0697. The highest BCUT2D eigenvalue weighted by Gasteiger charge is 2.26. The number of aliphatic hydroxyl groups excluding tert-OH is 1. The summed E-state index contributed by atoms with van der Waals surface area (Å²) in [4.78, 5) is 10.8. The number of rotatable bonds is 5. The maximum absolute atomic E-state index is 10.8. The Morgan fingerprint density at radius 1 is 1.37 bits per heavy atom. The van der Waals surface area contributed by atoms with Crippen LogP contribution in [0.3, 0.4) is 0 Å². The van der Waals surface area contributed by atoms with Crippen LogP contribution in [0.15, 0.2) is 22.7 Å². The van der Waals surface area contributed by atoms with E-state index in [4.69, 9.17) is 5.11 Å². The third-order valence-electron chi connectivity index (χ3n) is 3.82. The number of anilines is 1. The van der Waals surface area contributed by atoms with Gasteiger partial charge < -0.3 is 15.5 Å². The molecular weight excluding hydrogens is 310 g/mol. The molecular formula is C14H18BrNO3. The van der Waals surface area contributed by atoms with Gasteiger partial charge in [-0.3, -0.25) is 0 Å². The van der Waals surface area contributed by atoms with Gasteiger partial charge in [0.1, 0.15) is 0 Å². The molecule has 1 aromatic rings. The minimum atomic E-state index is -0.927. The molecule has 1 aliphatic carbocycles. The van der Waals surface area contributed by atoms with E-state index in [0.717, 1.165) is 29.5 Å². The molecule has 104 valence electrons. The van der Waals surface area contributed by atoms with Crippen molar-refractivity contribution in [2.24, 2.45) is 11.8 Å². The molecule has 4 nitrogen and oxygen atoms in total. The lowest BCUT2D eigenvalue weighted by Gasteiger charge is -2.19. The molecule has 5 heteroatoms. The van der Waals surface area contributed by atoms with Crippen molar-refractivity contribution < 1.29 is 15.0 Å². The second-order valence-corrected chi connectivity index (χ2v) is 5.87. The smallest absolute Gasteiger partial charge is 0.335 e. The Hall–Kier alpha value is -1.07. The third kappa shape index (κ3) is 3.48. The number of carbonyl (C=O) groups is 1. The highest BCUT2D eigenvalue weighted by molar-refractivity contribution is 9.10. The van der Waals surface area contributed by atoms with E-state index in [-0.39, 0.29) is 12.2 Å². The van der Waals surface area contributed by atoms with Gasteiger partial charge >= 0.3 is 5.97 Å². The van der Waals surface area contributed by atoms with Crippen LogP contribution >= 0.6 is 15.9 Å². The Balaban J connectivity index is 1.98. The molecule has 0 bridgehead atoms. The molecule has 0 radical (unpaired) electrons. The fourth-order valence-electron chi connectivity index (χ4n) is 2.66. The first-order valence-electron chi connectivity index (χ1n) is 6.49. The van der Waals surface area contributed by atoms with Crippen molar-refractivity contribution in [3.8, 4) is 0 Å². The quantitative estimate of drug-likeness (QED) is 0.777. The molecule has 1 aromatic carbocycles. The van der Waals surface area contributed by atoms with Gasteiger partial charge in [-0.05, 0) is 58.8 Å². The molecule has 0 spiro atoms. The van der Waals surface area contributed by atoms with Gasteiger partial charge in [0.15, 0.2) is 0 Å². The molecule has 0 heterocycles. The van der Waals surface area contributed by atoms with E-state index in [1.807, 2.05) is 0 Å². The van der Waals surface area contributed by atoms with Crippen molar-refractivity contribution in [2.75, 3.05) is 18.5 Å². The molecule has 2 rings (SSSR count). The summed E-state index contributed by atoms with van der Waals surface area (Å²) in [5, 5.41) is 21.5. The van der Waals surface area contributed by atoms with Gasteiger partial charge in [-0.1, -0.05) is 6.42 Å². The van der Waals surface area contributed by atoms with Crippen LogP contribution in [0.4, 0.5) is 5.69 Å². The van der Waals surface area contributed by atoms with Crippen LogP contribution in [0.1, 0.15) is 29.6 Å². The standard InChI is InChI=1S/C14H18BrNO3/c15-12-6-9(14(18)19)4-5-13(12)16-7-10-2-1-3-11(10)8-17/h4-6,10-11,16-17H,1-3,7-8H2,(H,18,19). The molecule has 0 saturated heterocycles. The average molecular weight is 328 g/mol. The van der Waals surface area contributed by atoms with Crippen LogP contribution in [0, 0.1) is 11.8 Å². The molecule has 19 heavy (non-hydrogen) atoms. The molecule has 0 amide bonds. The largest absolute Gasteiger partial charge is 0.478 e. The summed E-state index contributed by atoms with van der Waals surface area (Å²) in [5.74, 6) is -0.0380. The Morgan fingerprint density at radius 3 is 2.74 bits per heavy atom. The second kappa shape index (κ2) is 6.39.